The fraction of sp³-hybridized carbons (Fsp3) is 0.333. The molecule has 0 spiro atoms. The van der Waals surface area contributed by atoms with Crippen molar-refractivity contribution in [3.63, 3.8) is 0 Å². The average molecular weight is 403 g/mol. The summed E-state index contributed by atoms with van der Waals surface area (Å²) in [5.41, 5.74) is 1.94. The van der Waals surface area contributed by atoms with Gasteiger partial charge in [0.05, 0.1) is 11.2 Å². The molecule has 1 aliphatic rings. The van der Waals surface area contributed by atoms with E-state index < -0.39 is 10.0 Å². The van der Waals surface area contributed by atoms with Crippen molar-refractivity contribution in [3.8, 4) is 0 Å². The summed E-state index contributed by atoms with van der Waals surface area (Å²) in [5, 5.41) is 17.6. The van der Waals surface area contributed by atoms with Gasteiger partial charge in [-0.25, -0.2) is 18.5 Å². The van der Waals surface area contributed by atoms with Gasteiger partial charge in [0.25, 0.3) is 0 Å². The number of hydrogen-bond donors (Lipinski definition) is 3. The molecule has 0 amide bonds. The molecule has 4 rings (SSSR count). The number of piperidine rings is 1. The molecule has 4 N–H and O–H groups in total. The van der Waals surface area contributed by atoms with Crippen LogP contribution < -0.4 is 15.4 Å². The molecule has 148 valence electrons. The van der Waals surface area contributed by atoms with Gasteiger partial charge in [-0.15, -0.1) is 0 Å². The van der Waals surface area contributed by atoms with Crippen LogP contribution in [0, 0.1) is 5.92 Å². The molecule has 1 saturated heterocycles. The van der Waals surface area contributed by atoms with Crippen molar-refractivity contribution in [1.82, 2.24) is 9.97 Å². The van der Waals surface area contributed by atoms with Gasteiger partial charge in [-0.1, -0.05) is 0 Å². The number of anilines is 3. The molecule has 1 aromatic carbocycles. The first-order valence-electron chi connectivity index (χ1n) is 8.95. The molecule has 28 heavy (non-hydrogen) atoms. The van der Waals surface area contributed by atoms with Crippen LogP contribution in [-0.2, 0) is 10.0 Å². The maximum atomic E-state index is 11.4. The summed E-state index contributed by atoms with van der Waals surface area (Å²) in [6.07, 6.45) is 3.36. The molecule has 3 heterocycles. The van der Waals surface area contributed by atoms with E-state index in [-0.39, 0.29) is 11.5 Å². The Morgan fingerprint density at radius 2 is 1.89 bits per heavy atom. The number of furan rings is 1. The van der Waals surface area contributed by atoms with Crippen LogP contribution in [0.15, 0.2) is 45.9 Å². The second kappa shape index (κ2) is 7.38. The van der Waals surface area contributed by atoms with Gasteiger partial charge in [0.2, 0.25) is 16.0 Å². The molecule has 0 saturated carbocycles. The first kappa shape index (κ1) is 18.7. The van der Waals surface area contributed by atoms with Crippen molar-refractivity contribution >= 4 is 38.6 Å². The highest BCUT2D eigenvalue weighted by atomic mass is 32.2. The number of sulfonamides is 1. The molecule has 1 fully saturated rings. The first-order chi connectivity index (χ1) is 13.4. The standard InChI is InChI=1S/C18H21N5O4S/c19-28(25,26)14-3-1-13(2-4-14)20-18-21-15-7-10-27-16(15)17(22-18)23-8-5-12(11-24)6-9-23/h1-4,7,10,12,24H,5-6,8-9,11H2,(H2,19,25,26)(H,20,21,22). The zero-order valence-corrected chi connectivity index (χ0v) is 15.9. The fourth-order valence-electron chi connectivity index (χ4n) is 3.30. The Labute approximate surface area is 162 Å². The van der Waals surface area contributed by atoms with Crippen molar-refractivity contribution in [2.24, 2.45) is 11.1 Å². The average Bonchev–Trinajstić information content (AvgIpc) is 3.16. The quantitative estimate of drug-likeness (QED) is 0.587. The molecule has 0 atom stereocenters. The summed E-state index contributed by atoms with van der Waals surface area (Å²) in [5.74, 6) is 1.41. The van der Waals surface area contributed by atoms with Crippen LogP contribution in [0.3, 0.4) is 0 Å². The fourth-order valence-corrected chi connectivity index (χ4v) is 3.82. The number of rotatable bonds is 5. The second-order valence-electron chi connectivity index (χ2n) is 6.81. The van der Waals surface area contributed by atoms with Gasteiger partial charge in [-0.3, -0.25) is 0 Å². The highest BCUT2D eigenvalue weighted by Gasteiger charge is 2.23. The highest BCUT2D eigenvalue weighted by molar-refractivity contribution is 7.89. The van der Waals surface area contributed by atoms with Gasteiger partial charge in [0.1, 0.15) is 5.52 Å². The largest absolute Gasteiger partial charge is 0.459 e. The number of nitrogens with one attached hydrogen (secondary N) is 1. The lowest BCUT2D eigenvalue weighted by Crippen LogP contribution is -2.35. The maximum absolute atomic E-state index is 11.4. The predicted octanol–water partition coefficient (Wildman–Crippen LogP) is 1.82. The van der Waals surface area contributed by atoms with E-state index in [9.17, 15) is 13.5 Å². The lowest BCUT2D eigenvalue weighted by molar-refractivity contribution is 0.203. The number of benzene rings is 1. The van der Waals surface area contributed by atoms with E-state index in [1.54, 1.807) is 24.5 Å². The Bertz CT molecular complexity index is 1070. The third-order valence-corrected chi connectivity index (χ3v) is 5.83. The topological polar surface area (TPSA) is 135 Å². The van der Waals surface area contributed by atoms with Crippen LogP contribution in [0.4, 0.5) is 17.5 Å². The molecule has 3 aromatic rings. The lowest BCUT2D eigenvalue weighted by atomic mass is 9.98. The lowest BCUT2D eigenvalue weighted by Gasteiger charge is -2.31. The Kier molecular flexibility index (Phi) is 4.92. The summed E-state index contributed by atoms with van der Waals surface area (Å²) in [6.45, 7) is 1.76. The molecule has 0 radical (unpaired) electrons. The van der Waals surface area contributed by atoms with Crippen molar-refractivity contribution < 1.29 is 17.9 Å². The number of primary sulfonamides is 1. The van der Waals surface area contributed by atoms with Gasteiger partial charge >= 0.3 is 0 Å². The van der Waals surface area contributed by atoms with E-state index >= 15 is 0 Å². The summed E-state index contributed by atoms with van der Waals surface area (Å²) < 4.78 is 28.4. The number of fused-ring (bicyclic) bond motifs is 1. The number of aliphatic hydroxyl groups is 1. The Morgan fingerprint density at radius 3 is 2.54 bits per heavy atom. The number of hydrogen-bond acceptors (Lipinski definition) is 8. The molecule has 0 unspecified atom stereocenters. The maximum Gasteiger partial charge on any atom is 0.238 e. The van der Waals surface area contributed by atoms with Crippen LogP contribution in [-0.4, -0.2) is 43.2 Å². The van der Waals surface area contributed by atoms with Crippen LogP contribution in [0.2, 0.25) is 0 Å². The number of aliphatic hydroxyl groups excluding tert-OH is 1. The molecular weight excluding hydrogens is 382 g/mol. The second-order valence-corrected chi connectivity index (χ2v) is 8.37. The minimum absolute atomic E-state index is 0.0386. The Hall–Kier alpha value is -2.69. The minimum Gasteiger partial charge on any atom is -0.459 e. The number of aromatic nitrogens is 2. The summed E-state index contributed by atoms with van der Waals surface area (Å²) in [4.78, 5) is 11.3. The third kappa shape index (κ3) is 3.79. The third-order valence-electron chi connectivity index (χ3n) is 4.90. The molecule has 1 aliphatic heterocycles. The highest BCUT2D eigenvalue weighted by Crippen LogP contribution is 2.30. The van der Waals surface area contributed by atoms with Crippen molar-refractivity contribution in [1.29, 1.82) is 0 Å². The van der Waals surface area contributed by atoms with Crippen molar-refractivity contribution in [2.75, 3.05) is 29.9 Å². The van der Waals surface area contributed by atoms with E-state index in [1.165, 1.54) is 12.1 Å². The van der Waals surface area contributed by atoms with E-state index in [4.69, 9.17) is 9.56 Å². The van der Waals surface area contributed by atoms with Crippen LogP contribution in [0.1, 0.15) is 12.8 Å². The van der Waals surface area contributed by atoms with Gasteiger partial charge in [-0.2, -0.15) is 4.98 Å². The monoisotopic (exact) mass is 403 g/mol. The van der Waals surface area contributed by atoms with E-state index in [0.717, 1.165) is 25.9 Å². The minimum atomic E-state index is -3.74. The van der Waals surface area contributed by atoms with Gasteiger partial charge < -0.3 is 19.7 Å². The smallest absolute Gasteiger partial charge is 0.238 e. The number of nitrogens with zero attached hydrogens (tertiary/aromatic N) is 3. The summed E-state index contributed by atoms with van der Waals surface area (Å²) in [7, 11) is -3.74. The molecule has 2 aromatic heterocycles. The Morgan fingerprint density at radius 1 is 1.18 bits per heavy atom. The first-order valence-corrected chi connectivity index (χ1v) is 10.5. The van der Waals surface area contributed by atoms with Crippen molar-refractivity contribution in [3.05, 3.63) is 36.6 Å². The predicted molar refractivity (Wildman–Crippen MR) is 105 cm³/mol. The van der Waals surface area contributed by atoms with E-state index in [1.807, 2.05) is 0 Å². The molecule has 10 heteroatoms. The molecule has 0 bridgehead atoms. The SMILES string of the molecule is NS(=O)(=O)c1ccc(Nc2nc(N3CCC(CO)CC3)c3occc3n2)cc1. The molecule has 9 nitrogen and oxygen atoms in total. The summed E-state index contributed by atoms with van der Waals surface area (Å²) in [6, 6.07) is 7.84. The molecular formula is C18H21N5O4S. The zero-order chi connectivity index (χ0) is 19.7. The van der Waals surface area contributed by atoms with Crippen molar-refractivity contribution in [2.45, 2.75) is 17.7 Å². The van der Waals surface area contributed by atoms with Crippen LogP contribution >= 0.6 is 0 Å². The van der Waals surface area contributed by atoms with Crippen LogP contribution in [0.25, 0.3) is 11.1 Å². The van der Waals surface area contributed by atoms with Gasteiger partial charge in [-0.05, 0) is 43.0 Å². The zero-order valence-electron chi connectivity index (χ0n) is 15.1. The number of nitrogens with two attached hydrogens (primary N) is 1. The van der Waals surface area contributed by atoms with E-state index in [0.29, 0.717) is 34.5 Å². The van der Waals surface area contributed by atoms with Gasteiger partial charge in [0, 0.05) is 31.5 Å². The van der Waals surface area contributed by atoms with E-state index in [2.05, 4.69) is 20.2 Å². The van der Waals surface area contributed by atoms with Gasteiger partial charge in [0.15, 0.2) is 11.4 Å². The normalized spacial score (nSPS) is 15.9. The Balaban J connectivity index is 1.61. The van der Waals surface area contributed by atoms with Crippen LogP contribution in [0.5, 0.6) is 0 Å². The molecule has 0 aliphatic carbocycles. The summed E-state index contributed by atoms with van der Waals surface area (Å²) >= 11 is 0.